The van der Waals surface area contributed by atoms with Crippen LogP contribution in [0.1, 0.15) is 30.5 Å². The van der Waals surface area contributed by atoms with Gasteiger partial charge in [0.15, 0.2) is 11.5 Å². The first-order chi connectivity index (χ1) is 16.4. The topological polar surface area (TPSA) is 71.3 Å². The first kappa shape index (κ1) is 25.8. The molecule has 174 valence electrons. The summed E-state index contributed by atoms with van der Waals surface area (Å²) in [5.41, 5.74) is 3.43. The van der Waals surface area contributed by atoms with E-state index in [-0.39, 0.29) is 5.57 Å². The lowest BCUT2D eigenvalue weighted by atomic mass is 10.1. The number of benzene rings is 3. The summed E-state index contributed by atoms with van der Waals surface area (Å²) in [7, 11) is 0. The SMILES string of the molecule is CCOc1cc(/C=C(\C#N)C(=O)Nc2ccccc2CC)cc(I)c1OCc1ccc(Br)cc1. The number of halogens is 2. The number of nitrogens with zero attached hydrogens (tertiary/aromatic N) is 1. The molecule has 0 unspecified atom stereocenters. The van der Waals surface area contributed by atoms with E-state index in [1.807, 2.05) is 74.5 Å². The number of nitriles is 1. The van der Waals surface area contributed by atoms with Crippen molar-refractivity contribution in [3.05, 3.63) is 91.0 Å². The monoisotopic (exact) mass is 630 g/mol. The Balaban J connectivity index is 1.85. The number of aryl methyl sites for hydroxylation is 1. The van der Waals surface area contributed by atoms with E-state index in [1.54, 1.807) is 12.1 Å². The van der Waals surface area contributed by atoms with Gasteiger partial charge in [-0.2, -0.15) is 5.26 Å². The van der Waals surface area contributed by atoms with Crippen molar-refractivity contribution in [3.63, 3.8) is 0 Å². The van der Waals surface area contributed by atoms with Gasteiger partial charge in [-0.1, -0.05) is 53.2 Å². The number of hydrogen-bond donors (Lipinski definition) is 1. The second kappa shape index (κ2) is 12.6. The second-order valence-electron chi connectivity index (χ2n) is 7.31. The summed E-state index contributed by atoms with van der Waals surface area (Å²) in [6.45, 7) is 4.76. The molecule has 0 radical (unpaired) electrons. The number of para-hydroxylation sites is 1. The fourth-order valence-electron chi connectivity index (χ4n) is 3.27. The van der Waals surface area contributed by atoms with Gasteiger partial charge in [0.1, 0.15) is 18.2 Å². The largest absolute Gasteiger partial charge is 0.490 e. The highest BCUT2D eigenvalue weighted by molar-refractivity contribution is 14.1. The predicted octanol–water partition coefficient (Wildman–Crippen LogP) is 7.14. The van der Waals surface area contributed by atoms with Gasteiger partial charge in [0, 0.05) is 10.2 Å². The standard InChI is InChI=1S/C27H24BrIN2O3/c1-3-20-7-5-6-8-24(20)31-27(32)21(16-30)13-19-14-23(29)26(25(15-19)33-4-2)34-17-18-9-11-22(28)12-10-18/h5-15H,3-4,17H2,1-2H3,(H,31,32)/b21-13+. The number of anilines is 1. The van der Waals surface area contributed by atoms with E-state index >= 15 is 0 Å². The number of nitrogens with one attached hydrogen (secondary N) is 1. The van der Waals surface area contributed by atoms with Crippen LogP contribution in [0.15, 0.2) is 70.7 Å². The molecule has 0 bridgehead atoms. The van der Waals surface area contributed by atoms with E-state index in [1.165, 1.54) is 0 Å². The Morgan fingerprint density at radius 3 is 2.53 bits per heavy atom. The van der Waals surface area contributed by atoms with E-state index in [0.29, 0.717) is 36.0 Å². The molecule has 0 saturated heterocycles. The third-order valence-corrected chi connectivity index (χ3v) is 6.28. The molecule has 0 aliphatic heterocycles. The van der Waals surface area contributed by atoms with Gasteiger partial charge in [0.05, 0.1) is 10.2 Å². The first-order valence-electron chi connectivity index (χ1n) is 10.8. The van der Waals surface area contributed by atoms with Crippen LogP contribution >= 0.6 is 38.5 Å². The molecule has 0 fully saturated rings. The van der Waals surface area contributed by atoms with Gasteiger partial charge in [0.2, 0.25) is 0 Å². The first-order valence-corrected chi connectivity index (χ1v) is 12.7. The molecule has 1 N–H and O–H groups in total. The summed E-state index contributed by atoms with van der Waals surface area (Å²) in [5.74, 6) is 0.737. The average Bonchev–Trinajstić information content (AvgIpc) is 2.83. The van der Waals surface area contributed by atoms with Crippen LogP contribution in [0.3, 0.4) is 0 Å². The normalized spacial score (nSPS) is 11.0. The molecule has 7 heteroatoms. The van der Waals surface area contributed by atoms with Crippen molar-refractivity contribution in [2.45, 2.75) is 26.9 Å². The van der Waals surface area contributed by atoms with Crippen LogP contribution in [0.4, 0.5) is 5.69 Å². The van der Waals surface area contributed by atoms with Crippen molar-refractivity contribution >= 4 is 56.2 Å². The summed E-state index contributed by atoms with van der Waals surface area (Å²) in [4.78, 5) is 12.8. The lowest BCUT2D eigenvalue weighted by Gasteiger charge is -2.15. The maximum Gasteiger partial charge on any atom is 0.266 e. The molecule has 3 aromatic carbocycles. The van der Waals surface area contributed by atoms with Crippen molar-refractivity contribution in [2.75, 3.05) is 11.9 Å². The number of rotatable bonds is 9. The summed E-state index contributed by atoms with van der Waals surface area (Å²) >= 11 is 5.61. The second-order valence-corrected chi connectivity index (χ2v) is 9.39. The highest BCUT2D eigenvalue weighted by Crippen LogP contribution is 2.35. The van der Waals surface area contributed by atoms with Gasteiger partial charge < -0.3 is 14.8 Å². The number of hydrogen-bond acceptors (Lipinski definition) is 4. The van der Waals surface area contributed by atoms with Gasteiger partial charge in [-0.25, -0.2) is 0 Å². The van der Waals surface area contributed by atoms with Crippen LogP contribution in [0, 0.1) is 14.9 Å². The molecule has 0 aliphatic carbocycles. The number of ether oxygens (including phenoxy) is 2. The smallest absolute Gasteiger partial charge is 0.266 e. The van der Waals surface area contributed by atoms with E-state index < -0.39 is 5.91 Å². The van der Waals surface area contributed by atoms with E-state index in [4.69, 9.17) is 9.47 Å². The van der Waals surface area contributed by atoms with Crippen LogP contribution in [0.25, 0.3) is 6.08 Å². The summed E-state index contributed by atoms with van der Waals surface area (Å²) in [6.07, 6.45) is 2.34. The lowest BCUT2D eigenvalue weighted by molar-refractivity contribution is -0.112. The van der Waals surface area contributed by atoms with E-state index in [0.717, 1.165) is 25.6 Å². The Hall–Kier alpha value is -2.83. The van der Waals surface area contributed by atoms with Gasteiger partial charge in [0.25, 0.3) is 5.91 Å². The van der Waals surface area contributed by atoms with Crippen molar-refractivity contribution in [1.82, 2.24) is 0 Å². The summed E-state index contributed by atoms with van der Waals surface area (Å²) in [5, 5.41) is 12.5. The zero-order chi connectivity index (χ0) is 24.5. The van der Waals surface area contributed by atoms with Gasteiger partial charge >= 0.3 is 0 Å². The molecule has 5 nitrogen and oxygen atoms in total. The molecule has 0 aromatic heterocycles. The molecule has 0 aliphatic rings. The molecule has 3 rings (SSSR count). The van der Waals surface area contributed by atoms with Gasteiger partial charge in [-0.15, -0.1) is 0 Å². The van der Waals surface area contributed by atoms with Crippen LogP contribution in [0.2, 0.25) is 0 Å². The molecule has 0 atom stereocenters. The quantitative estimate of drug-likeness (QED) is 0.155. The van der Waals surface area contributed by atoms with Crippen LogP contribution in [0.5, 0.6) is 11.5 Å². The maximum absolute atomic E-state index is 12.8. The molecule has 0 saturated carbocycles. The Bertz CT molecular complexity index is 1230. The summed E-state index contributed by atoms with van der Waals surface area (Å²) in [6, 6.07) is 21.1. The predicted molar refractivity (Wildman–Crippen MR) is 147 cm³/mol. The minimum atomic E-state index is -0.452. The number of carbonyl (C=O) groups excluding carboxylic acids is 1. The molecule has 3 aromatic rings. The van der Waals surface area contributed by atoms with Crippen molar-refractivity contribution < 1.29 is 14.3 Å². The molecule has 0 heterocycles. The fourth-order valence-corrected chi connectivity index (χ4v) is 4.31. The average molecular weight is 631 g/mol. The van der Waals surface area contributed by atoms with Crippen molar-refractivity contribution in [1.29, 1.82) is 5.26 Å². The Morgan fingerprint density at radius 1 is 1.12 bits per heavy atom. The van der Waals surface area contributed by atoms with Gasteiger partial charge in [-0.3, -0.25) is 4.79 Å². The highest BCUT2D eigenvalue weighted by atomic mass is 127. The molecule has 0 spiro atoms. The third kappa shape index (κ3) is 6.84. The molecule has 34 heavy (non-hydrogen) atoms. The van der Waals surface area contributed by atoms with Gasteiger partial charge in [-0.05, 0) is 89.0 Å². The Morgan fingerprint density at radius 2 is 1.85 bits per heavy atom. The van der Waals surface area contributed by atoms with Crippen LogP contribution in [-0.2, 0) is 17.8 Å². The zero-order valence-corrected chi connectivity index (χ0v) is 22.6. The number of amides is 1. The van der Waals surface area contributed by atoms with Crippen molar-refractivity contribution in [3.8, 4) is 17.6 Å². The Kier molecular flexibility index (Phi) is 9.54. The Labute approximate surface area is 222 Å². The van der Waals surface area contributed by atoms with E-state index in [2.05, 4.69) is 43.8 Å². The minimum absolute atomic E-state index is 0.00712. The number of carbonyl (C=O) groups is 1. The third-order valence-electron chi connectivity index (χ3n) is 4.95. The zero-order valence-electron chi connectivity index (χ0n) is 18.9. The molecular formula is C27H24BrIN2O3. The minimum Gasteiger partial charge on any atom is -0.490 e. The summed E-state index contributed by atoms with van der Waals surface area (Å²) < 4.78 is 13.7. The highest BCUT2D eigenvalue weighted by Gasteiger charge is 2.15. The van der Waals surface area contributed by atoms with E-state index in [9.17, 15) is 10.1 Å². The lowest BCUT2D eigenvalue weighted by Crippen LogP contribution is -2.14. The molecular weight excluding hydrogens is 607 g/mol. The van der Waals surface area contributed by atoms with Crippen LogP contribution in [-0.4, -0.2) is 12.5 Å². The molecule has 1 amide bonds. The van der Waals surface area contributed by atoms with Crippen LogP contribution < -0.4 is 14.8 Å². The fraction of sp³-hybridized carbons (Fsp3) is 0.185. The van der Waals surface area contributed by atoms with Crippen molar-refractivity contribution in [2.24, 2.45) is 0 Å². The maximum atomic E-state index is 12.8.